The summed E-state index contributed by atoms with van der Waals surface area (Å²) in [5.41, 5.74) is 0.224. The van der Waals surface area contributed by atoms with Crippen molar-refractivity contribution in [2.24, 2.45) is 0 Å². The van der Waals surface area contributed by atoms with E-state index in [1.807, 2.05) is 4.90 Å². The molecule has 1 fully saturated rings. The van der Waals surface area contributed by atoms with Crippen molar-refractivity contribution in [3.05, 3.63) is 52.4 Å². The van der Waals surface area contributed by atoms with Gasteiger partial charge in [-0.2, -0.15) is 4.98 Å². The molecule has 32 heavy (non-hydrogen) atoms. The van der Waals surface area contributed by atoms with Crippen LogP contribution in [0, 0.1) is 17.0 Å². The average Bonchev–Trinajstić information content (AvgIpc) is 3.19. The lowest BCUT2D eigenvalue weighted by atomic mass is 9.96. The Morgan fingerprint density at radius 3 is 2.44 bits per heavy atom. The van der Waals surface area contributed by atoms with Crippen molar-refractivity contribution >= 4 is 32.8 Å². The maximum absolute atomic E-state index is 11.9. The Morgan fingerprint density at radius 1 is 1.19 bits per heavy atom. The number of sulfone groups is 1. The van der Waals surface area contributed by atoms with E-state index in [2.05, 4.69) is 25.4 Å². The van der Waals surface area contributed by atoms with Crippen LogP contribution in [-0.4, -0.2) is 52.8 Å². The standard InChI is InChI=1S/C19H21N7O5S/c1-12-22-19(31-24-12)13-7-9-25(10-8-13)18-16(26(27)28)17(20-11-21-18)23-14-3-5-15(6-4-14)32(2,29)30/h3-6,11,13H,7-10H2,1-2H3,(H,20,21,23). The number of nitro groups is 1. The third-order valence-corrected chi connectivity index (χ3v) is 6.35. The number of piperidine rings is 1. The van der Waals surface area contributed by atoms with E-state index in [0.29, 0.717) is 43.3 Å². The van der Waals surface area contributed by atoms with E-state index in [1.165, 1.54) is 30.6 Å². The van der Waals surface area contributed by atoms with Gasteiger partial charge in [-0.15, -0.1) is 0 Å². The van der Waals surface area contributed by atoms with E-state index >= 15 is 0 Å². The quantitative estimate of drug-likeness (QED) is 0.426. The maximum Gasteiger partial charge on any atom is 0.353 e. The van der Waals surface area contributed by atoms with Crippen LogP contribution in [0.2, 0.25) is 0 Å². The highest BCUT2D eigenvalue weighted by molar-refractivity contribution is 7.90. The normalized spacial score (nSPS) is 15.0. The second kappa shape index (κ2) is 8.49. The SMILES string of the molecule is Cc1noc(C2CCN(c3ncnc(Nc4ccc(S(C)(=O)=O)cc4)c3[N+](=O)[O-])CC2)n1. The van der Waals surface area contributed by atoms with Crippen molar-refractivity contribution in [3.63, 3.8) is 0 Å². The molecule has 0 spiro atoms. The van der Waals surface area contributed by atoms with Gasteiger partial charge in [-0.25, -0.2) is 18.4 Å². The Kier molecular flexibility index (Phi) is 5.74. The fourth-order valence-corrected chi connectivity index (χ4v) is 4.23. The number of nitrogens with one attached hydrogen (secondary N) is 1. The van der Waals surface area contributed by atoms with Crippen molar-refractivity contribution < 1.29 is 17.9 Å². The predicted molar refractivity (Wildman–Crippen MR) is 115 cm³/mol. The molecule has 0 bridgehead atoms. The number of anilines is 3. The molecule has 1 saturated heterocycles. The molecule has 3 heterocycles. The summed E-state index contributed by atoms with van der Waals surface area (Å²) in [6, 6.07) is 5.91. The molecule has 13 heteroatoms. The van der Waals surface area contributed by atoms with Crippen LogP contribution in [0.15, 0.2) is 40.0 Å². The van der Waals surface area contributed by atoms with Crippen molar-refractivity contribution in [1.82, 2.24) is 20.1 Å². The van der Waals surface area contributed by atoms with Crippen molar-refractivity contribution in [3.8, 4) is 0 Å². The molecule has 12 nitrogen and oxygen atoms in total. The van der Waals surface area contributed by atoms with Gasteiger partial charge in [0.05, 0.1) is 9.82 Å². The summed E-state index contributed by atoms with van der Waals surface area (Å²) in [6.45, 7) is 2.83. The minimum absolute atomic E-state index is 0.0294. The van der Waals surface area contributed by atoms with Crippen molar-refractivity contribution in [1.29, 1.82) is 0 Å². The average molecular weight is 459 g/mol. The fraction of sp³-hybridized carbons (Fsp3) is 0.368. The lowest BCUT2D eigenvalue weighted by molar-refractivity contribution is -0.383. The maximum atomic E-state index is 11.9. The third-order valence-electron chi connectivity index (χ3n) is 5.22. The minimum Gasteiger partial charge on any atom is -0.351 e. The number of aryl methyl sites for hydroxylation is 1. The van der Waals surface area contributed by atoms with Crippen LogP contribution in [-0.2, 0) is 9.84 Å². The smallest absolute Gasteiger partial charge is 0.351 e. The summed E-state index contributed by atoms with van der Waals surface area (Å²) in [5.74, 6) is 1.51. The van der Waals surface area contributed by atoms with E-state index in [-0.39, 0.29) is 28.1 Å². The molecule has 3 aromatic rings. The summed E-state index contributed by atoms with van der Waals surface area (Å²) in [7, 11) is -3.34. The van der Waals surface area contributed by atoms with Gasteiger partial charge in [-0.05, 0) is 44.0 Å². The fourth-order valence-electron chi connectivity index (χ4n) is 3.60. The van der Waals surface area contributed by atoms with Gasteiger partial charge in [0, 0.05) is 31.0 Å². The highest BCUT2D eigenvalue weighted by Gasteiger charge is 2.31. The van der Waals surface area contributed by atoms with Gasteiger partial charge in [0.25, 0.3) is 0 Å². The van der Waals surface area contributed by atoms with E-state index in [4.69, 9.17) is 4.52 Å². The van der Waals surface area contributed by atoms with Gasteiger partial charge in [-0.3, -0.25) is 10.1 Å². The summed E-state index contributed by atoms with van der Waals surface area (Å²) in [6.07, 6.45) is 3.76. The monoisotopic (exact) mass is 459 g/mol. The topological polar surface area (TPSA) is 157 Å². The first-order valence-electron chi connectivity index (χ1n) is 9.84. The molecular formula is C19H21N7O5S. The van der Waals surface area contributed by atoms with Crippen LogP contribution in [0.4, 0.5) is 23.0 Å². The molecule has 0 amide bonds. The van der Waals surface area contributed by atoms with Crippen LogP contribution < -0.4 is 10.2 Å². The lowest BCUT2D eigenvalue weighted by Gasteiger charge is -2.30. The van der Waals surface area contributed by atoms with E-state index < -0.39 is 14.8 Å². The second-order valence-electron chi connectivity index (χ2n) is 7.51. The van der Waals surface area contributed by atoms with Gasteiger partial charge < -0.3 is 14.7 Å². The number of aromatic nitrogens is 4. The molecule has 1 aliphatic rings. The largest absolute Gasteiger partial charge is 0.353 e. The van der Waals surface area contributed by atoms with Gasteiger partial charge in [0.1, 0.15) is 6.33 Å². The summed E-state index contributed by atoms with van der Waals surface area (Å²) < 4.78 is 28.5. The minimum atomic E-state index is -3.34. The zero-order chi connectivity index (χ0) is 22.9. The molecule has 0 saturated carbocycles. The first-order valence-corrected chi connectivity index (χ1v) is 11.7. The molecule has 0 unspecified atom stereocenters. The Labute approximate surface area is 183 Å². The molecule has 1 aliphatic heterocycles. The third kappa shape index (κ3) is 4.51. The molecule has 0 aliphatic carbocycles. The van der Waals surface area contributed by atoms with Gasteiger partial charge in [0.2, 0.25) is 17.5 Å². The van der Waals surface area contributed by atoms with Gasteiger partial charge >= 0.3 is 5.69 Å². The van der Waals surface area contributed by atoms with E-state index in [9.17, 15) is 18.5 Å². The molecule has 4 rings (SSSR count). The van der Waals surface area contributed by atoms with Gasteiger partial charge in [0.15, 0.2) is 15.7 Å². The van der Waals surface area contributed by atoms with E-state index in [0.717, 1.165) is 6.26 Å². The van der Waals surface area contributed by atoms with Crippen LogP contribution in [0.1, 0.15) is 30.5 Å². The van der Waals surface area contributed by atoms with Crippen LogP contribution in [0.25, 0.3) is 0 Å². The van der Waals surface area contributed by atoms with Crippen molar-refractivity contribution in [2.45, 2.75) is 30.6 Å². The highest BCUT2D eigenvalue weighted by atomic mass is 32.2. The number of hydrogen-bond donors (Lipinski definition) is 1. The number of nitrogens with zero attached hydrogens (tertiary/aromatic N) is 6. The zero-order valence-electron chi connectivity index (χ0n) is 17.4. The van der Waals surface area contributed by atoms with Crippen LogP contribution in [0.3, 0.4) is 0 Å². The zero-order valence-corrected chi connectivity index (χ0v) is 18.2. The number of benzene rings is 1. The Hall–Kier alpha value is -3.61. The summed E-state index contributed by atoms with van der Waals surface area (Å²) >= 11 is 0. The molecular weight excluding hydrogens is 438 g/mol. The molecule has 1 N–H and O–H groups in total. The second-order valence-corrected chi connectivity index (χ2v) is 9.53. The Balaban J connectivity index is 1.55. The first-order chi connectivity index (χ1) is 15.2. The van der Waals surface area contributed by atoms with Gasteiger partial charge in [-0.1, -0.05) is 5.16 Å². The highest BCUT2D eigenvalue weighted by Crippen LogP contribution is 2.37. The molecule has 1 aromatic carbocycles. The molecule has 0 radical (unpaired) electrons. The Morgan fingerprint density at radius 2 is 1.88 bits per heavy atom. The van der Waals surface area contributed by atoms with Crippen molar-refractivity contribution in [2.75, 3.05) is 29.6 Å². The molecule has 168 valence electrons. The predicted octanol–water partition coefficient (Wildman–Crippen LogP) is 2.61. The summed E-state index contributed by atoms with van der Waals surface area (Å²) in [4.78, 5) is 25.9. The number of hydrogen-bond acceptors (Lipinski definition) is 11. The Bertz CT molecular complexity index is 1240. The first kappa shape index (κ1) is 21.6. The van der Waals surface area contributed by atoms with E-state index in [1.54, 1.807) is 6.92 Å². The lowest BCUT2D eigenvalue weighted by Crippen LogP contribution is -2.34. The molecule has 2 aromatic heterocycles. The molecule has 0 atom stereocenters. The van der Waals surface area contributed by atoms with Crippen LogP contribution >= 0.6 is 0 Å². The number of rotatable bonds is 6. The summed E-state index contributed by atoms with van der Waals surface area (Å²) in [5, 5.41) is 18.6. The van der Waals surface area contributed by atoms with Crippen LogP contribution in [0.5, 0.6) is 0 Å².